The number of carboxylic acid groups (broad SMARTS) is 1. The van der Waals surface area contributed by atoms with E-state index in [1.165, 1.54) is 0 Å². The van der Waals surface area contributed by atoms with Gasteiger partial charge in [-0.2, -0.15) is 0 Å². The van der Waals surface area contributed by atoms with Crippen molar-refractivity contribution in [2.75, 3.05) is 18.0 Å². The maximum Gasteiger partial charge on any atom is 0.325 e. The molecule has 9 heteroatoms. The summed E-state index contributed by atoms with van der Waals surface area (Å²) < 4.78 is 0. The summed E-state index contributed by atoms with van der Waals surface area (Å²) in [6.45, 7) is 7.87. The van der Waals surface area contributed by atoms with Crippen LogP contribution in [0.4, 0.5) is 10.5 Å². The molecular weight excluding hydrogens is 525 g/mol. The molecule has 1 aliphatic heterocycles. The Morgan fingerprint density at radius 3 is 2.34 bits per heavy atom. The van der Waals surface area contributed by atoms with Gasteiger partial charge in [0.1, 0.15) is 0 Å². The average molecular weight is 561 g/mol. The first-order valence-corrected chi connectivity index (χ1v) is 13.8. The summed E-state index contributed by atoms with van der Waals surface area (Å²) in [4.78, 5) is 40.7. The third-order valence-corrected chi connectivity index (χ3v) is 8.56. The first-order valence-electron chi connectivity index (χ1n) is 13.0. The van der Waals surface area contributed by atoms with Gasteiger partial charge in [-0.25, -0.2) is 4.79 Å². The van der Waals surface area contributed by atoms with E-state index in [2.05, 4.69) is 26.1 Å². The standard InChI is InChI=1S/C29H35Cl2N3O4/c1-28(2,3)21-10-13-29(14-11-21)18-33(24-16-22(30)8-9-23(24)31)27(38)34(29)17-19-4-6-20(7-5-19)26(37)32-15-12-25(35)36/h4-9,16,21H,10-15,17-18H2,1-3H3,(H,32,37)(H,35,36). The van der Waals surface area contributed by atoms with Crippen molar-refractivity contribution in [3.63, 3.8) is 0 Å². The van der Waals surface area contributed by atoms with Crippen LogP contribution >= 0.6 is 23.2 Å². The number of urea groups is 1. The molecule has 1 saturated heterocycles. The highest BCUT2D eigenvalue weighted by Crippen LogP contribution is 2.48. The molecule has 1 heterocycles. The highest BCUT2D eigenvalue weighted by Gasteiger charge is 2.52. The number of nitrogens with zero attached hydrogens (tertiary/aromatic N) is 2. The lowest BCUT2D eigenvalue weighted by atomic mass is 9.67. The number of halogens is 2. The first-order chi connectivity index (χ1) is 17.9. The summed E-state index contributed by atoms with van der Waals surface area (Å²) in [5.74, 6) is -0.698. The highest BCUT2D eigenvalue weighted by atomic mass is 35.5. The van der Waals surface area contributed by atoms with E-state index in [1.807, 2.05) is 17.0 Å². The van der Waals surface area contributed by atoms with E-state index < -0.39 is 5.97 Å². The van der Waals surface area contributed by atoms with Crippen molar-refractivity contribution in [1.82, 2.24) is 10.2 Å². The van der Waals surface area contributed by atoms with Gasteiger partial charge < -0.3 is 15.3 Å². The van der Waals surface area contributed by atoms with E-state index in [1.54, 1.807) is 35.2 Å². The molecule has 0 unspecified atom stereocenters. The number of benzene rings is 2. The normalized spacial score (nSPS) is 21.7. The van der Waals surface area contributed by atoms with Crippen molar-refractivity contribution in [1.29, 1.82) is 0 Å². The number of anilines is 1. The highest BCUT2D eigenvalue weighted by molar-refractivity contribution is 6.35. The number of carbonyl (C=O) groups excluding carboxylic acids is 2. The van der Waals surface area contributed by atoms with Gasteiger partial charge in [-0.3, -0.25) is 14.5 Å². The second-order valence-corrected chi connectivity index (χ2v) is 12.4. The summed E-state index contributed by atoms with van der Waals surface area (Å²) >= 11 is 12.8. The van der Waals surface area contributed by atoms with Crippen LogP contribution < -0.4 is 10.2 Å². The molecule has 2 aromatic carbocycles. The Kier molecular flexibility index (Phi) is 8.29. The van der Waals surface area contributed by atoms with Crippen LogP contribution in [-0.4, -0.2) is 46.5 Å². The van der Waals surface area contributed by atoms with Gasteiger partial charge in [0.15, 0.2) is 0 Å². The Balaban J connectivity index is 1.57. The lowest BCUT2D eigenvalue weighted by molar-refractivity contribution is -0.136. The van der Waals surface area contributed by atoms with Gasteiger partial charge in [0.05, 0.1) is 29.2 Å². The molecular formula is C29H35Cl2N3O4. The number of carbonyl (C=O) groups is 3. The minimum atomic E-state index is -0.963. The molecule has 38 heavy (non-hydrogen) atoms. The molecule has 3 amide bonds. The summed E-state index contributed by atoms with van der Waals surface area (Å²) in [5, 5.41) is 12.4. The Labute approximate surface area is 234 Å². The van der Waals surface area contributed by atoms with Gasteiger partial charge in [0.2, 0.25) is 0 Å². The fourth-order valence-corrected chi connectivity index (χ4v) is 6.08. The molecule has 2 N–H and O–H groups in total. The largest absolute Gasteiger partial charge is 0.481 e. The summed E-state index contributed by atoms with van der Waals surface area (Å²) in [6.07, 6.45) is 3.75. The number of hydrogen-bond donors (Lipinski definition) is 2. The van der Waals surface area contributed by atoms with Crippen molar-refractivity contribution >= 4 is 46.8 Å². The second kappa shape index (κ2) is 11.1. The van der Waals surface area contributed by atoms with Crippen molar-refractivity contribution in [3.8, 4) is 0 Å². The van der Waals surface area contributed by atoms with Crippen LogP contribution in [0, 0.1) is 11.3 Å². The van der Waals surface area contributed by atoms with Crippen LogP contribution in [0.5, 0.6) is 0 Å². The van der Waals surface area contributed by atoms with Gasteiger partial charge >= 0.3 is 12.0 Å². The van der Waals surface area contributed by atoms with E-state index in [9.17, 15) is 14.4 Å². The van der Waals surface area contributed by atoms with Crippen molar-refractivity contribution in [3.05, 3.63) is 63.6 Å². The van der Waals surface area contributed by atoms with Crippen LogP contribution in [0.1, 0.15) is 68.8 Å². The molecule has 1 saturated carbocycles. The summed E-state index contributed by atoms with van der Waals surface area (Å²) in [7, 11) is 0. The number of aliphatic carboxylic acids is 1. The van der Waals surface area contributed by atoms with Gasteiger partial charge in [-0.1, -0.05) is 56.1 Å². The molecule has 7 nitrogen and oxygen atoms in total. The van der Waals surface area contributed by atoms with E-state index >= 15 is 0 Å². The number of rotatable bonds is 7. The Hall–Kier alpha value is -2.77. The van der Waals surface area contributed by atoms with Crippen LogP contribution in [0.25, 0.3) is 0 Å². The van der Waals surface area contributed by atoms with Crippen molar-refractivity contribution in [2.24, 2.45) is 11.3 Å². The molecule has 0 aromatic heterocycles. The second-order valence-electron chi connectivity index (χ2n) is 11.5. The number of carboxylic acids is 1. The third kappa shape index (κ3) is 6.10. The SMILES string of the molecule is CC(C)(C)C1CCC2(CC1)CN(c1cc(Cl)ccc1Cl)C(=O)N2Cc1ccc(C(=O)NCCC(=O)O)cc1. The predicted molar refractivity (Wildman–Crippen MR) is 150 cm³/mol. The zero-order valence-corrected chi connectivity index (χ0v) is 23.6. The van der Waals surface area contributed by atoms with Crippen LogP contribution in [0.3, 0.4) is 0 Å². The Bertz CT molecular complexity index is 1200. The molecule has 2 aliphatic rings. The monoisotopic (exact) mass is 559 g/mol. The van der Waals surface area contributed by atoms with Gasteiger partial charge in [-0.05, 0) is 72.9 Å². The van der Waals surface area contributed by atoms with Crippen LogP contribution in [0.2, 0.25) is 10.0 Å². The molecule has 1 aliphatic carbocycles. The smallest absolute Gasteiger partial charge is 0.325 e. The minimum Gasteiger partial charge on any atom is -0.481 e. The number of nitrogens with one attached hydrogen (secondary N) is 1. The molecule has 204 valence electrons. The molecule has 0 bridgehead atoms. The third-order valence-electron chi connectivity index (χ3n) is 8.01. The molecule has 2 aromatic rings. The average Bonchev–Trinajstić information content (AvgIpc) is 3.11. The van der Waals surface area contributed by atoms with Gasteiger partial charge in [0.25, 0.3) is 5.91 Å². The Morgan fingerprint density at radius 2 is 1.74 bits per heavy atom. The lowest BCUT2D eigenvalue weighted by Gasteiger charge is -2.45. The summed E-state index contributed by atoms with van der Waals surface area (Å²) in [5.41, 5.74) is 1.87. The lowest BCUT2D eigenvalue weighted by Crippen LogP contribution is -2.50. The van der Waals surface area contributed by atoms with Gasteiger partial charge in [0, 0.05) is 23.7 Å². The van der Waals surface area contributed by atoms with E-state index in [4.69, 9.17) is 28.3 Å². The predicted octanol–water partition coefficient (Wildman–Crippen LogP) is 6.62. The van der Waals surface area contributed by atoms with Crippen molar-refractivity contribution in [2.45, 2.75) is 65.0 Å². The van der Waals surface area contributed by atoms with Crippen molar-refractivity contribution < 1.29 is 19.5 Å². The first kappa shape index (κ1) is 28.2. The minimum absolute atomic E-state index is 0.0676. The molecule has 2 fully saturated rings. The van der Waals surface area contributed by atoms with E-state index in [0.29, 0.717) is 40.3 Å². The quantitative estimate of drug-likeness (QED) is 0.399. The number of hydrogen-bond acceptors (Lipinski definition) is 3. The molecule has 4 rings (SSSR count). The maximum absolute atomic E-state index is 13.9. The Morgan fingerprint density at radius 1 is 1.08 bits per heavy atom. The number of amides is 3. The summed E-state index contributed by atoms with van der Waals surface area (Å²) in [6, 6.07) is 12.2. The maximum atomic E-state index is 13.9. The zero-order chi connectivity index (χ0) is 27.7. The molecule has 0 atom stereocenters. The van der Waals surface area contributed by atoms with E-state index in [0.717, 1.165) is 31.2 Å². The molecule has 0 radical (unpaired) electrons. The fraction of sp³-hybridized carbons (Fsp3) is 0.483. The fourth-order valence-electron chi connectivity index (χ4n) is 5.69. The van der Waals surface area contributed by atoms with Gasteiger partial charge in [-0.15, -0.1) is 0 Å². The van der Waals surface area contributed by atoms with Crippen LogP contribution in [-0.2, 0) is 11.3 Å². The molecule has 1 spiro atoms. The zero-order valence-electron chi connectivity index (χ0n) is 22.1. The van der Waals surface area contributed by atoms with Crippen LogP contribution in [0.15, 0.2) is 42.5 Å². The van der Waals surface area contributed by atoms with E-state index in [-0.39, 0.29) is 35.9 Å². The topological polar surface area (TPSA) is 90.0 Å².